The zero-order valence-electron chi connectivity index (χ0n) is 18.1. The molecule has 1 fully saturated rings. The van der Waals surface area contributed by atoms with Crippen molar-refractivity contribution in [3.63, 3.8) is 0 Å². The molecule has 0 saturated carbocycles. The monoisotopic (exact) mass is 423 g/mol. The molecule has 4 rings (SSSR count). The van der Waals surface area contributed by atoms with Crippen molar-refractivity contribution >= 4 is 17.8 Å². The molecule has 2 aliphatic rings. The first-order valence-corrected chi connectivity index (χ1v) is 10.9. The molecule has 8 heteroatoms. The number of rotatable bonds is 8. The number of urea groups is 1. The molecule has 1 atom stereocenters. The van der Waals surface area contributed by atoms with Crippen LogP contribution in [0.3, 0.4) is 0 Å². The fraction of sp³-hybridized carbons (Fsp3) is 0.478. The van der Waals surface area contributed by atoms with Gasteiger partial charge in [-0.15, -0.1) is 0 Å². The topological polar surface area (TPSA) is 87.7 Å². The predicted octanol–water partition coefficient (Wildman–Crippen LogP) is 3.19. The van der Waals surface area contributed by atoms with Crippen LogP contribution in [0.25, 0.3) is 0 Å². The second-order valence-electron chi connectivity index (χ2n) is 7.98. The molecule has 1 unspecified atom stereocenters. The van der Waals surface area contributed by atoms with Gasteiger partial charge < -0.3 is 19.9 Å². The van der Waals surface area contributed by atoms with Crippen molar-refractivity contribution in [2.24, 2.45) is 0 Å². The van der Waals surface area contributed by atoms with Crippen molar-refractivity contribution in [2.45, 2.75) is 45.1 Å². The molecule has 2 aromatic heterocycles. The van der Waals surface area contributed by atoms with E-state index in [1.807, 2.05) is 28.0 Å². The smallest absolute Gasteiger partial charge is 0.320 e. The van der Waals surface area contributed by atoms with Crippen LogP contribution in [0.4, 0.5) is 10.6 Å². The predicted molar refractivity (Wildman–Crippen MR) is 117 cm³/mol. The molecule has 164 valence electrons. The third-order valence-corrected chi connectivity index (χ3v) is 6.02. The van der Waals surface area contributed by atoms with Gasteiger partial charge in [-0.25, -0.2) is 14.8 Å². The van der Waals surface area contributed by atoms with Crippen molar-refractivity contribution in [3.8, 4) is 5.88 Å². The maximum atomic E-state index is 13.0. The highest BCUT2D eigenvalue weighted by atomic mass is 16.5. The Morgan fingerprint density at radius 3 is 2.77 bits per heavy atom. The quantitative estimate of drug-likeness (QED) is 0.705. The molecule has 0 bridgehead atoms. The summed E-state index contributed by atoms with van der Waals surface area (Å²) in [5.41, 5.74) is 3.06. The minimum absolute atomic E-state index is 0.0156. The molecule has 8 nitrogen and oxygen atoms in total. The molecule has 1 N–H and O–H groups in total. The van der Waals surface area contributed by atoms with Gasteiger partial charge in [0.05, 0.1) is 13.2 Å². The van der Waals surface area contributed by atoms with Gasteiger partial charge in [-0.05, 0) is 42.9 Å². The van der Waals surface area contributed by atoms with Gasteiger partial charge in [-0.2, -0.15) is 0 Å². The maximum Gasteiger partial charge on any atom is 0.320 e. The first-order valence-electron chi connectivity index (χ1n) is 10.9. The van der Waals surface area contributed by atoms with Crippen LogP contribution in [0, 0.1) is 0 Å². The Bertz CT molecular complexity index is 947. The Labute approximate surface area is 182 Å². The van der Waals surface area contributed by atoms with Crippen LogP contribution >= 0.6 is 0 Å². The summed E-state index contributed by atoms with van der Waals surface area (Å²) in [4.78, 5) is 37.4. The van der Waals surface area contributed by atoms with Crippen molar-refractivity contribution in [2.75, 3.05) is 32.1 Å². The molecule has 1 saturated heterocycles. The van der Waals surface area contributed by atoms with Gasteiger partial charge in [0.1, 0.15) is 5.82 Å². The number of aromatic nitrogens is 2. The summed E-state index contributed by atoms with van der Waals surface area (Å²) in [7, 11) is 1.59. The van der Waals surface area contributed by atoms with Gasteiger partial charge in [-0.3, -0.25) is 4.79 Å². The van der Waals surface area contributed by atoms with E-state index in [1.165, 1.54) is 0 Å². The summed E-state index contributed by atoms with van der Waals surface area (Å²) >= 11 is 0. The zero-order chi connectivity index (χ0) is 21.8. The number of aryl methyl sites for hydroxylation is 2. The third-order valence-electron chi connectivity index (χ3n) is 6.02. The van der Waals surface area contributed by atoms with Gasteiger partial charge in [0.25, 0.3) is 0 Å². The number of carbonyl (C=O) groups is 2. The van der Waals surface area contributed by atoms with Gasteiger partial charge in [0, 0.05) is 44.0 Å². The number of fused-ring (bicyclic) bond motifs is 1. The van der Waals surface area contributed by atoms with E-state index < -0.39 is 0 Å². The van der Waals surface area contributed by atoms with Gasteiger partial charge in [-0.1, -0.05) is 19.1 Å². The fourth-order valence-electron chi connectivity index (χ4n) is 4.31. The van der Waals surface area contributed by atoms with Gasteiger partial charge in [0.2, 0.25) is 11.8 Å². The van der Waals surface area contributed by atoms with E-state index in [4.69, 9.17) is 4.74 Å². The van der Waals surface area contributed by atoms with E-state index in [-0.39, 0.29) is 18.0 Å². The van der Waals surface area contributed by atoms with E-state index in [0.29, 0.717) is 31.2 Å². The summed E-state index contributed by atoms with van der Waals surface area (Å²) in [5.74, 6) is 1.29. The van der Waals surface area contributed by atoms with Crippen LogP contribution in [0.1, 0.15) is 49.0 Å². The lowest BCUT2D eigenvalue weighted by Crippen LogP contribution is -2.35. The number of methoxy groups -OCH3 is 1. The van der Waals surface area contributed by atoms with Crippen molar-refractivity contribution in [1.82, 2.24) is 19.8 Å². The highest BCUT2D eigenvalue weighted by Crippen LogP contribution is 2.28. The lowest BCUT2D eigenvalue weighted by atomic mass is 10.1. The average molecular weight is 424 g/mol. The van der Waals surface area contributed by atoms with Crippen LogP contribution in [0.2, 0.25) is 0 Å². The Morgan fingerprint density at radius 2 is 2.03 bits per heavy atom. The zero-order valence-corrected chi connectivity index (χ0v) is 18.1. The summed E-state index contributed by atoms with van der Waals surface area (Å²) in [6.45, 7) is 4.22. The largest absolute Gasteiger partial charge is 0.481 e. The van der Waals surface area contributed by atoms with Crippen LogP contribution < -0.4 is 10.1 Å². The second kappa shape index (κ2) is 9.32. The highest BCUT2D eigenvalue weighted by molar-refractivity contribution is 5.92. The van der Waals surface area contributed by atoms with Crippen LogP contribution in [0.15, 0.2) is 30.5 Å². The number of nitrogens with one attached hydrogen (secondary N) is 1. The number of amides is 3. The maximum absolute atomic E-state index is 13.0. The van der Waals surface area contributed by atoms with Gasteiger partial charge >= 0.3 is 6.03 Å². The minimum Gasteiger partial charge on any atom is -0.481 e. The minimum atomic E-state index is 0.0156. The number of carbonyl (C=O) groups excluding carboxylic acids is 2. The highest BCUT2D eigenvalue weighted by Gasteiger charge is 2.33. The van der Waals surface area contributed by atoms with E-state index in [0.717, 1.165) is 49.0 Å². The summed E-state index contributed by atoms with van der Waals surface area (Å²) in [6, 6.07) is 7.99. The van der Waals surface area contributed by atoms with Crippen molar-refractivity contribution in [3.05, 3.63) is 47.3 Å². The molecule has 0 radical (unpaired) electrons. The first kappa shape index (κ1) is 21.1. The van der Waals surface area contributed by atoms with E-state index in [2.05, 4.69) is 28.3 Å². The van der Waals surface area contributed by atoms with Crippen molar-refractivity contribution < 1.29 is 14.3 Å². The second-order valence-corrected chi connectivity index (χ2v) is 7.98. The number of anilines is 1. The molecular formula is C23H29N5O3. The van der Waals surface area contributed by atoms with E-state index in [1.54, 1.807) is 13.3 Å². The molecule has 0 spiro atoms. The molecule has 0 aromatic carbocycles. The van der Waals surface area contributed by atoms with Crippen molar-refractivity contribution in [1.29, 1.82) is 0 Å². The Morgan fingerprint density at radius 1 is 1.16 bits per heavy atom. The molecular weight excluding hydrogens is 394 g/mol. The normalized spacial score (nSPS) is 16.8. The number of hydrogen-bond donors (Lipinski definition) is 1. The molecule has 2 aliphatic heterocycles. The Hall–Kier alpha value is -3.16. The SMILES string of the molecule is CCC(c1ccc(OC)nc1)N1CCN(CCCc2ccc3c(n2)NC(=O)CC3)C1=O. The summed E-state index contributed by atoms with van der Waals surface area (Å²) in [5, 5.41) is 2.85. The average Bonchev–Trinajstić information content (AvgIpc) is 3.15. The number of hydrogen-bond acceptors (Lipinski definition) is 5. The lowest BCUT2D eigenvalue weighted by Gasteiger charge is -2.27. The molecule has 2 aromatic rings. The molecule has 3 amide bonds. The summed E-state index contributed by atoms with van der Waals surface area (Å²) in [6.07, 6.45) is 5.50. The van der Waals surface area contributed by atoms with Crippen LogP contribution in [-0.4, -0.2) is 58.5 Å². The fourth-order valence-corrected chi connectivity index (χ4v) is 4.31. The van der Waals surface area contributed by atoms with Crippen LogP contribution in [0.5, 0.6) is 5.88 Å². The Kier molecular flexibility index (Phi) is 6.34. The summed E-state index contributed by atoms with van der Waals surface area (Å²) < 4.78 is 5.14. The van der Waals surface area contributed by atoms with E-state index in [9.17, 15) is 9.59 Å². The molecule has 4 heterocycles. The van der Waals surface area contributed by atoms with Gasteiger partial charge in [0.15, 0.2) is 0 Å². The Balaban J connectivity index is 1.33. The lowest BCUT2D eigenvalue weighted by molar-refractivity contribution is -0.116. The number of ether oxygens (including phenoxy) is 1. The van der Waals surface area contributed by atoms with E-state index >= 15 is 0 Å². The number of nitrogens with zero attached hydrogens (tertiary/aromatic N) is 4. The number of pyridine rings is 2. The first-order chi connectivity index (χ1) is 15.1. The van der Waals surface area contributed by atoms with Crippen LogP contribution in [-0.2, 0) is 17.6 Å². The standard InChI is InChI=1S/C23H29N5O3/c1-3-19(17-8-11-21(31-2)24-15-17)28-14-13-27(23(28)30)12-4-5-18-9-6-16-7-10-20(29)26-22(16)25-18/h6,8-9,11,15,19H,3-5,7,10,12-14H2,1-2H3,(H,25,26,29). The molecule has 0 aliphatic carbocycles. The molecule has 31 heavy (non-hydrogen) atoms. The third kappa shape index (κ3) is 4.62.